The molecule has 6 heteroatoms. The number of anilines is 1. The summed E-state index contributed by atoms with van der Waals surface area (Å²) >= 11 is 5.81. The van der Waals surface area contributed by atoms with E-state index in [-0.39, 0.29) is 10.3 Å². The number of hydrogen-bond acceptors (Lipinski definition) is 4. The van der Waals surface area contributed by atoms with Crippen molar-refractivity contribution in [3.8, 4) is 0 Å². The molecule has 0 aliphatic heterocycles. The predicted octanol–water partition coefficient (Wildman–Crippen LogP) is 2.16. The second kappa shape index (κ2) is 5.23. The van der Waals surface area contributed by atoms with E-state index in [1.807, 2.05) is 13.8 Å². The zero-order chi connectivity index (χ0) is 13.1. The van der Waals surface area contributed by atoms with Crippen molar-refractivity contribution in [2.24, 2.45) is 5.41 Å². The molecule has 17 heavy (non-hydrogen) atoms. The molecule has 0 aromatic carbocycles. The molecule has 1 N–H and O–H groups in total. The van der Waals surface area contributed by atoms with Crippen LogP contribution in [0.2, 0.25) is 0 Å². The molecule has 0 saturated heterocycles. The topological polar surface area (TPSA) is 59.1 Å². The van der Waals surface area contributed by atoms with Crippen LogP contribution in [0.1, 0.15) is 13.8 Å². The standard InChI is InChI=1S/C11H17ClN2O2S/c1-11(2,7-12)8-14-10-9(17(3,15)16)5-4-6-13-10/h4-6H,7-8H2,1-3H3,(H,13,14). The van der Waals surface area contributed by atoms with Crippen molar-refractivity contribution in [3.63, 3.8) is 0 Å². The molecule has 0 fully saturated rings. The largest absolute Gasteiger partial charge is 0.368 e. The number of sulfone groups is 1. The Bertz CT molecular complexity index is 486. The SMILES string of the molecule is CC(C)(CCl)CNc1ncccc1S(C)(=O)=O. The van der Waals surface area contributed by atoms with Gasteiger partial charge in [-0.05, 0) is 17.5 Å². The van der Waals surface area contributed by atoms with E-state index in [0.717, 1.165) is 0 Å². The Hall–Kier alpha value is -0.810. The van der Waals surface area contributed by atoms with E-state index in [2.05, 4.69) is 10.3 Å². The summed E-state index contributed by atoms with van der Waals surface area (Å²) < 4.78 is 23.1. The maximum atomic E-state index is 11.5. The van der Waals surface area contributed by atoms with Gasteiger partial charge in [-0.2, -0.15) is 0 Å². The van der Waals surface area contributed by atoms with E-state index in [1.165, 1.54) is 6.26 Å². The van der Waals surface area contributed by atoms with Crippen molar-refractivity contribution in [1.82, 2.24) is 4.98 Å². The smallest absolute Gasteiger partial charge is 0.179 e. The van der Waals surface area contributed by atoms with Crippen LogP contribution in [0.15, 0.2) is 23.2 Å². The average molecular weight is 277 g/mol. The third-order valence-electron chi connectivity index (χ3n) is 2.27. The van der Waals surface area contributed by atoms with E-state index in [9.17, 15) is 8.42 Å². The van der Waals surface area contributed by atoms with Gasteiger partial charge in [0.25, 0.3) is 0 Å². The first-order valence-electron chi connectivity index (χ1n) is 5.21. The number of nitrogens with one attached hydrogen (secondary N) is 1. The van der Waals surface area contributed by atoms with Gasteiger partial charge in [0.05, 0.1) is 0 Å². The highest BCUT2D eigenvalue weighted by atomic mass is 35.5. The fraction of sp³-hybridized carbons (Fsp3) is 0.545. The van der Waals surface area contributed by atoms with Crippen LogP contribution in [0, 0.1) is 5.41 Å². The minimum atomic E-state index is -3.27. The van der Waals surface area contributed by atoms with Crippen molar-refractivity contribution >= 4 is 27.3 Å². The van der Waals surface area contributed by atoms with E-state index in [0.29, 0.717) is 18.2 Å². The number of alkyl halides is 1. The lowest BCUT2D eigenvalue weighted by atomic mass is 9.97. The fourth-order valence-electron chi connectivity index (χ4n) is 1.19. The van der Waals surface area contributed by atoms with Crippen LogP contribution in [0.4, 0.5) is 5.82 Å². The third-order valence-corrected chi connectivity index (χ3v) is 4.12. The quantitative estimate of drug-likeness (QED) is 0.838. The van der Waals surface area contributed by atoms with Gasteiger partial charge in [0.15, 0.2) is 9.84 Å². The van der Waals surface area contributed by atoms with E-state index < -0.39 is 9.84 Å². The normalized spacial score (nSPS) is 12.5. The van der Waals surface area contributed by atoms with Crippen LogP contribution in [0.3, 0.4) is 0 Å². The van der Waals surface area contributed by atoms with Gasteiger partial charge in [0, 0.05) is 24.9 Å². The van der Waals surface area contributed by atoms with Gasteiger partial charge in [0.2, 0.25) is 0 Å². The molecule has 0 aliphatic carbocycles. The summed E-state index contributed by atoms with van der Waals surface area (Å²) in [7, 11) is -3.27. The van der Waals surface area contributed by atoms with Crippen molar-refractivity contribution in [1.29, 1.82) is 0 Å². The highest BCUT2D eigenvalue weighted by molar-refractivity contribution is 7.90. The van der Waals surface area contributed by atoms with Crippen LogP contribution in [0.25, 0.3) is 0 Å². The number of halogens is 1. The number of nitrogens with zero attached hydrogens (tertiary/aromatic N) is 1. The van der Waals surface area contributed by atoms with Crippen LogP contribution in [0.5, 0.6) is 0 Å². The first-order chi connectivity index (χ1) is 7.76. The van der Waals surface area contributed by atoms with Gasteiger partial charge in [-0.3, -0.25) is 0 Å². The van der Waals surface area contributed by atoms with Crippen LogP contribution in [-0.4, -0.2) is 32.1 Å². The molecule has 0 amide bonds. The Kier molecular flexibility index (Phi) is 4.38. The molecule has 1 heterocycles. The average Bonchev–Trinajstić information content (AvgIpc) is 2.26. The van der Waals surface area contributed by atoms with Gasteiger partial charge in [-0.25, -0.2) is 13.4 Å². The highest BCUT2D eigenvalue weighted by Gasteiger charge is 2.19. The molecular weight excluding hydrogens is 260 g/mol. The molecule has 96 valence electrons. The van der Waals surface area contributed by atoms with E-state index >= 15 is 0 Å². The fourth-order valence-corrected chi connectivity index (χ4v) is 2.09. The first kappa shape index (κ1) is 14.3. The highest BCUT2D eigenvalue weighted by Crippen LogP contribution is 2.21. The lowest BCUT2D eigenvalue weighted by Gasteiger charge is -2.22. The maximum absolute atomic E-state index is 11.5. The molecule has 0 unspecified atom stereocenters. The van der Waals surface area contributed by atoms with Gasteiger partial charge in [-0.15, -0.1) is 11.6 Å². The Labute approximate surface area is 107 Å². The summed E-state index contributed by atoms with van der Waals surface area (Å²) in [6, 6.07) is 3.15. The molecule has 1 rings (SSSR count). The van der Waals surface area contributed by atoms with Gasteiger partial charge < -0.3 is 5.32 Å². The van der Waals surface area contributed by atoms with Crippen LogP contribution < -0.4 is 5.32 Å². The molecule has 0 aliphatic rings. The van der Waals surface area contributed by atoms with Crippen molar-refractivity contribution in [2.75, 3.05) is 24.0 Å². The summed E-state index contributed by atoms with van der Waals surface area (Å²) in [5.74, 6) is 0.870. The number of hydrogen-bond donors (Lipinski definition) is 1. The lowest BCUT2D eigenvalue weighted by molar-refractivity contribution is 0.449. The zero-order valence-corrected chi connectivity index (χ0v) is 11.8. The molecule has 0 radical (unpaired) electrons. The van der Waals surface area contributed by atoms with E-state index in [1.54, 1.807) is 18.3 Å². The van der Waals surface area contributed by atoms with Gasteiger partial charge >= 0.3 is 0 Å². The molecule has 1 aromatic rings. The Balaban J connectivity index is 2.93. The van der Waals surface area contributed by atoms with Crippen molar-refractivity contribution < 1.29 is 8.42 Å². The molecule has 0 saturated carbocycles. The monoisotopic (exact) mass is 276 g/mol. The molecule has 0 atom stereocenters. The summed E-state index contributed by atoms with van der Waals surface area (Å²) in [4.78, 5) is 4.26. The number of rotatable bonds is 5. The molecule has 0 spiro atoms. The molecule has 4 nitrogen and oxygen atoms in total. The first-order valence-corrected chi connectivity index (χ1v) is 7.64. The second-order valence-corrected chi connectivity index (χ2v) is 7.03. The summed E-state index contributed by atoms with van der Waals surface area (Å²) in [5, 5.41) is 3.04. The minimum Gasteiger partial charge on any atom is -0.368 e. The second-order valence-electron chi connectivity index (χ2n) is 4.77. The van der Waals surface area contributed by atoms with E-state index in [4.69, 9.17) is 11.6 Å². The van der Waals surface area contributed by atoms with Crippen LogP contribution in [-0.2, 0) is 9.84 Å². The summed E-state index contributed by atoms with van der Waals surface area (Å²) in [5.41, 5.74) is -0.117. The van der Waals surface area contributed by atoms with Gasteiger partial charge in [-0.1, -0.05) is 13.8 Å². The van der Waals surface area contributed by atoms with Gasteiger partial charge in [0.1, 0.15) is 10.7 Å². The van der Waals surface area contributed by atoms with Crippen molar-refractivity contribution in [2.45, 2.75) is 18.7 Å². The zero-order valence-electron chi connectivity index (χ0n) is 10.2. The Morgan fingerprint density at radius 1 is 1.47 bits per heavy atom. The Morgan fingerprint density at radius 2 is 2.12 bits per heavy atom. The minimum absolute atomic E-state index is 0.117. The summed E-state index contributed by atoms with van der Waals surface area (Å²) in [6.45, 7) is 4.56. The Morgan fingerprint density at radius 3 is 2.65 bits per heavy atom. The summed E-state index contributed by atoms with van der Waals surface area (Å²) in [6.07, 6.45) is 2.73. The van der Waals surface area contributed by atoms with Crippen molar-refractivity contribution in [3.05, 3.63) is 18.3 Å². The lowest BCUT2D eigenvalue weighted by Crippen LogP contribution is -2.25. The predicted molar refractivity (Wildman–Crippen MR) is 70.3 cm³/mol. The van der Waals surface area contributed by atoms with Crippen LogP contribution >= 0.6 is 11.6 Å². The number of pyridine rings is 1. The maximum Gasteiger partial charge on any atom is 0.179 e. The third kappa shape index (κ3) is 4.16. The molecule has 1 aromatic heterocycles. The molecular formula is C11H17ClN2O2S. The molecule has 0 bridgehead atoms. The number of aromatic nitrogens is 1.